The maximum absolute atomic E-state index is 4.47. The number of halogens is 2. The molecule has 0 atom stereocenters. The first-order chi connectivity index (χ1) is 6.27. The molecule has 1 aromatic rings. The first-order valence-electron chi connectivity index (χ1n) is 4.50. The van der Waals surface area contributed by atoms with Crippen molar-refractivity contribution in [1.29, 1.82) is 0 Å². The highest BCUT2D eigenvalue weighted by atomic mass is 35.5. The summed E-state index contributed by atoms with van der Waals surface area (Å²) in [5, 5.41) is 3.30. The van der Waals surface area contributed by atoms with E-state index in [4.69, 9.17) is 0 Å². The van der Waals surface area contributed by atoms with Gasteiger partial charge in [0.15, 0.2) is 0 Å². The van der Waals surface area contributed by atoms with Gasteiger partial charge in [-0.25, -0.2) is 9.97 Å². The molecule has 0 bridgehead atoms. The third-order valence-electron chi connectivity index (χ3n) is 2.21. The zero-order valence-corrected chi connectivity index (χ0v) is 10.5. The Morgan fingerprint density at radius 1 is 1.33 bits per heavy atom. The molecule has 2 rings (SSSR count). The second-order valence-electron chi connectivity index (χ2n) is 3.46. The van der Waals surface area contributed by atoms with Gasteiger partial charge in [-0.3, -0.25) is 0 Å². The van der Waals surface area contributed by atoms with Crippen LogP contribution in [0.2, 0.25) is 0 Å². The first-order valence-corrected chi connectivity index (χ1v) is 4.50. The number of hydrogen-bond donors (Lipinski definition) is 1. The summed E-state index contributed by atoms with van der Waals surface area (Å²) < 4.78 is 0. The van der Waals surface area contributed by atoms with Crippen molar-refractivity contribution in [3.8, 4) is 0 Å². The molecular weight excluding hydrogens is 235 g/mol. The highest BCUT2D eigenvalue weighted by molar-refractivity contribution is 5.85. The van der Waals surface area contributed by atoms with Gasteiger partial charge in [0.1, 0.15) is 0 Å². The number of aromatic nitrogens is 2. The minimum absolute atomic E-state index is 0. The largest absolute Gasteiger partial charge is 0.347 e. The smallest absolute Gasteiger partial charge is 0.225 e. The highest BCUT2D eigenvalue weighted by Crippen LogP contribution is 2.12. The van der Waals surface area contributed by atoms with Gasteiger partial charge in [0, 0.05) is 26.8 Å². The quantitative estimate of drug-likeness (QED) is 0.809. The maximum atomic E-state index is 4.47. The van der Waals surface area contributed by atoms with Gasteiger partial charge < -0.3 is 10.2 Å². The molecule has 1 aliphatic rings. The molecule has 6 heteroatoms. The zero-order chi connectivity index (χ0) is 9.26. The average Bonchev–Trinajstić information content (AvgIpc) is 2.17. The fourth-order valence-corrected chi connectivity index (χ4v) is 1.44. The molecule has 4 nitrogen and oxygen atoms in total. The fraction of sp³-hybridized carbons (Fsp3) is 0.556. The summed E-state index contributed by atoms with van der Waals surface area (Å²) in [4.78, 5) is 10.7. The van der Waals surface area contributed by atoms with Gasteiger partial charge in [-0.2, -0.15) is 0 Å². The van der Waals surface area contributed by atoms with Crippen LogP contribution in [-0.4, -0.2) is 30.6 Å². The van der Waals surface area contributed by atoms with E-state index < -0.39 is 0 Å². The van der Waals surface area contributed by atoms with E-state index in [1.54, 1.807) is 0 Å². The Balaban J connectivity index is 0.000000980. The van der Waals surface area contributed by atoms with Crippen LogP contribution in [0.15, 0.2) is 6.20 Å². The van der Waals surface area contributed by atoms with Gasteiger partial charge in [-0.15, -0.1) is 24.8 Å². The van der Waals surface area contributed by atoms with Crippen molar-refractivity contribution >= 4 is 30.8 Å². The summed E-state index contributed by atoms with van der Waals surface area (Å²) in [6.45, 7) is 1.91. The van der Waals surface area contributed by atoms with Crippen LogP contribution in [0, 0.1) is 0 Å². The van der Waals surface area contributed by atoms with E-state index in [9.17, 15) is 0 Å². The Kier molecular flexibility index (Phi) is 5.87. The topological polar surface area (TPSA) is 41.1 Å². The molecule has 0 aliphatic carbocycles. The van der Waals surface area contributed by atoms with Crippen molar-refractivity contribution in [2.75, 3.05) is 25.5 Å². The van der Waals surface area contributed by atoms with Gasteiger partial charge in [0.2, 0.25) is 5.95 Å². The zero-order valence-electron chi connectivity index (χ0n) is 8.86. The summed E-state index contributed by atoms with van der Waals surface area (Å²) in [6, 6.07) is 0. The molecule has 0 saturated carbocycles. The third-order valence-corrected chi connectivity index (χ3v) is 2.21. The van der Waals surface area contributed by atoms with E-state index in [1.807, 2.05) is 25.2 Å². The van der Waals surface area contributed by atoms with E-state index in [0.717, 1.165) is 31.2 Å². The predicted molar refractivity (Wildman–Crippen MR) is 66.3 cm³/mol. The Bertz CT molecular complexity index is 317. The molecule has 0 unspecified atom stereocenters. The van der Waals surface area contributed by atoms with E-state index >= 15 is 0 Å². The average molecular weight is 251 g/mol. The van der Waals surface area contributed by atoms with Crippen LogP contribution in [0.25, 0.3) is 0 Å². The third kappa shape index (κ3) is 3.19. The van der Waals surface area contributed by atoms with Gasteiger partial charge in [0.05, 0.1) is 5.69 Å². The van der Waals surface area contributed by atoms with Crippen molar-refractivity contribution in [1.82, 2.24) is 15.3 Å². The second-order valence-corrected chi connectivity index (χ2v) is 3.46. The second kappa shape index (κ2) is 6.10. The minimum atomic E-state index is 0. The van der Waals surface area contributed by atoms with Crippen molar-refractivity contribution in [3.05, 3.63) is 17.5 Å². The summed E-state index contributed by atoms with van der Waals surface area (Å²) >= 11 is 0. The lowest BCUT2D eigenvalue weighted by Crippen LogP contribution is -2.26. The van der Waals surface area contributed by atoms with Crippen molar-refractivity contribution < 1.29 is 0 Å². The molecular formula is C9H16Cl2N4. The SMILES string of the molecule is CN(C)c1ncc2c(n1)CNCC2.Cl.Cl. The number of hydrogen-bond acceptors (Lipinski definition) is 4. The van der Waals surface area contributed by atoms with Crippen LogP contribution in [0.5, 0.6) is 0 Å². The molecule has 0 aromatic carbocycles. The summed E-state index contributed by atoms with van der Waals surface area (Å²) in [7, 11) is 3.91. The van der Waals surface area contributed by atoms with Gasteiger partial charge in [-0.1, -0.05) is 0 Å². The number of nitrogens with one attached hydrogen (secondary N) is 1. The highest BCUT2D eigenvalue weighted by Gasteiger charge is 2.11. The van der Waals surface area contributed by atoms with Crippen LogP contribution in [-0.2, 0) is 13.0 Å². The molecule has 1 aromatic heterocycles. The Hall–Kier alpha value is -0.580. The van der Waals surface area contributed by atoms with Crippen LogP contribution < -0.4 is 10.2 Å². The molecule has 0 spiro atoms. The lowest BCUT2D eigenvalue weighted by molar-refractivity contribution is 0.622. The summed E-state index contributed by atoms with van der Waals surface area (Å²) in [5.41, 5.74) is 2.43. The molecule has 1 aliphatic heterocycles. The van der Waals surface area contributed by atoms with Crippen molar-refractivity contribution in [2.45, 2.75) is 13.0 Å². The molecule has 0 fully saturated rings. The van der Waals surface area contributed by atoms with E-state index in [-0.39, 0.29) is 24.8 Å². The number of fused-ring (bicyclic) bond motifs is 1. The van der Waals surface area contributed by atoms with Crippen LogP contribution in [0.3, 0.4) is 0 Å². The molecule has 15 heavy (non-hydrogen) atoms. The molecule has 0 saturated heterocycles. The standard InChI is InChI=1S/C9H14N4.2ClH/c1-13(2)9-11-5-7-3-4-10-6-8(7)12-9;;/h5,10H,3-4,6H2,1-2H3;2*1H. The van der Waals surface area contributed by atoms with Gasteiger partial charge >= 0.3 is 0 Å². The van der Waals surface area contributed by atoms with Crippen LogP contribution >= 0.6 is 24.8 Å². The monoisotopic (exact) mass is 250 g/mol. The Labute approximate surface area is 102 Å². The summed E-state index contributed by atoms with van der Waals surface area (Å²) in [5.74, 6) is 0.794. The number of anilines is 1. The van der Waals surface area contributed by atoms with Crippen molar-refractivity contribution in [2.24, 2.45) is 0 Å². The molecule has 0 amide bonds. The lowest BCUT2D eigenvalue weighted by Gasteiger charge is -2.18. The van der Waals surface area contributed by atoms with E-state index in [2.05, 4.69) is 15.3 Å². The maximum Gasteiger partial charge on any atom is 0.225 e. The molecule has 1 N–H and O–H groups in total. The molecule has 0 radical (unpaired) electrons. The molecule has 86 valence electrons. The fourth-order valence-electron chi connectivity index (χ4n) is 1.44. The summed E-state index contributed by atoms with van der Waals surface area (Å²) in [6.07, 6.45) is 2.99. The number of rotatable bonds is 1. The minimum Gasteiger partial charge on any atom is -0.347 e. The lowest BCUT2D eigenvalue weighted by atomic mass is 10.1. The molecule has 2 heterocycles. The van der Waals surface area contributed by atoms with E-state index in [1.165, 1.54) is 5.56 Å². The Morgan fingerprint density at radius 2 is 2.07 bits per heavy atom. The van der Waals surface area contributed by atoms with Crippen LogP contribution in [0.4, 0.5) is 5.95 Å². The van der Waals surface area contributed by atoms with Crippen molar-refractivity contribution in [3.63, 3.8) is 0 Å². The normalized spacial score (nSPS) is 13.2. The van der Waals surface area contributed by atoms with Crippen LogP contribution in [0.1, 0.15) is 11.3 Å². The predicted octanol–water partition coefficient (Wildman–Crippen LogP) is 1.03. The number of nitrogens with zero attached hydrogens (tertiary/aromatic N) is 3. The first kappa shape index (κ1) is 14.4. The Morgan fingerprint density at radius 3 is 2.73 bits per heavy atom. The van der Waals surface area contributed by atoms with E-state index in [0.29, 0.717) is 0 Å². The van der Waals surface area contributed by atoms with Gasteiger partial charge in [-0.05, 0) is 18.5 Å². The van der Waals surface area contributed by atoms with Gasteiger partial charge in [0.25, 0.3) is 0 Å².